The first-order valence-corrected chi connectivity index (χ1v) is 18.0. The van der Waals surface area contributed by atoms with Gasteiger partial charge in [-0.05, 0) is 43.4 Å². The van der Waals surface area contributed by atoms with E-state index >= 15 is 0 Å². The van der Waals surface area contributed by atoms with Gasteiger partial charge in [-0.25, -0.2) is 4.98 Å². The van der Waals surface area contributed by atoms with Crippen molar-refractivity contribution in [2.45, 2.75) is 77.4 Å². The zero-order valence-electron chi connectivity index (χ0n) is 30.1. The number of rotatable bonds is 22. The molecule has 2 aromatic heterocycles. The van der Waals surface area contributed by atoms with Crippen LogP contribution in [-0.4, -0.2) is 113 Å². The Labute approximate surface area is 300 Å². The number of anilines is 2. The lowest BCUT2D eigenvalue weighted by molar-refractivity contribution is -0.138. The second-order valence-corrected chi connectivity index (χ2v) is 12.9. The number of piperazine rings is 1. The van der Waals surface area contributed by atoms with E-state index in [1.807, 2.05) is 17.2 Å². The molecular weight excluding hydrogens is 654 g/mol. The van der Waals surface area contributed by atoms with E-state index in [4.69, 9.17) is 26.0 Å². The van der Waals surface area contributed by atoms with Crippen molar-refractivity contribution in [1.82, 2.24) is 29.7 Å². The average Bonchev–Trinajstić information content (AvgIpc) is 3.52. The number of hydrogen-bond donors (Lipinski definition) is 5. The number of nitrogen functional groups attached to an aromatic ring is 1. The largest absolute Gasteiger partial charge is 0.496 e. The number of amides is 2. The molecule has 7 N–H and O–H groups in total. The van der Waals surface area contributed by atoms with Gasteiger partial charge in [0.1, 0.15) is 17.3 Å². The van der Waals surface area contributed by atoms with Gasteiger partial charge in [-0.15, -0.1) is 0 Å². The van der Waals surface area contributed by atoms with Crippen LogP contribution in [0.1, 0.15) is 69.4 Å². The molecule has 0 bridgehead atoms. The van der Waals surface area contributed by atoms with Crippen molar-refractivity contribution in [1.29, 1.82) is 0 Å². The number of methoxy groups -OCH3 is 1. The fourth-order valence-corrected chi connectivity index (χ4v) is 6.09. The maximum absolute atomic E-state index is 12.8. The van der Waals surface area contributed by atoms with E-state index in [2.05, 4.69) is 55.2 Å². The molecule has 3 aromatic rings. The van der Waals surface area contributed by atoms with E-state index in [9.17, 15) is 14.4 Å². The summed E-state index contributed by atoms with van der Waals surface area (Å²) in [6.07, 6.45) is 7.50. The van der Waals surface area contributed by atoms with Gasteiger partial charge in [0.25, 0.3) is 0 Å². The van der Waals surface area contributed by atoms with E-state index in [0.29, 0.717) is 45.4 Å². The van der Waals surface area contributed by atoms with Crippen LogP contribution in [0.2, 0.25) is 0 Å². The molecule has 51 heavy (non-hydrogen) atoms. The van der Waals surface area contributed by atoms with Crippen LogP contribution < -0.4 is 26.8 Å². The number of carboxylic acid groups (broad SMARTS) is 1. The van der Waals surface area contributed by atoms with Gasteiger partial charge in [-0.1, -0.05) is 31.9 Å². The highest BCUT2D eigenvalue weighted by Gasteiger charge is 2.22. The molecule has 0 spiro atoms. The summed E-state index contributed by atoms with van der Waals surface area (Å²) in [4.78, 5) is 48.6. The Hall–Kier alpha value is -4.47. The van der Waals surface area contributed by atoms with E-state index in [1.165, 1.54) is 0 Å². The van der Waals surface area contributed by atoms with E-state index in [0.717, 1.165) is 79.2 Å². The van der Waals surface area contributed by atoms with Gasteiger partial charge < -0.3 is 46.1 Å². The van der Waals surface area contributed by atoms with Crippen LogP contribution in [0, 0.1) is 0 Å². The molecule has 1 aliphatic rings. The second kappa shape index (κ2) is 20.4. The summed E-state index contributed by atoms with van der Waals surface area (Å²) in [5, 5.41) is 15.0. The number of carbonyl (C=O) groups is 3. The number of aromatic nitrogens is 3. The highest BCUT2D eigenvalue weighted by molar-refractivity contribution is 5.87. The molecule has 4 rings (SSSR count). The van der Waals surface area contributed by atoms with Crippen molar-refractivity contribution in [2.75, 3.05) is 70.6 Å². The molecule has 1 fully saturated rings. The maximum atomic E-state index is 12.8. The van der Waals surface area contributed by atoms with Gasteiger partial charge in [0.05, 0.1) is 38.8 Å². The maximum Gasteiger partial charge on any atom is 0.320 e. The lowest BCUT2D eigenvalue weighted by Gasteiger charge is -2.35. The Morgan fingerprint density at radius 1 is 0.980 bits per heavy atom. The number of fused-ring (bicyclic) bond motifs is 1. The monoisotopic (exact) mass is 709 g/mol. The minimum absolute atomic E-state index is 0.0506. The average molecular weight is 710 g/mol. The Morgan fingerprint density at radius 3 is 2.49 bits per heavy atom. The molecule has 2 amide bonds. The van der Waals surface area contributed by atoms with Crippen LogP contribution >= 0.6 is 0 Å². The summed E-state index contributed by atoms with van der Waals surface area (Å²) in [7, 11) is 1.69. The van der Waals surface area contributed by atoms with Gasteiger partial charge in [-0.3, -0.25) is 19.3 Å². The molecule has 15 nitrogen and oxygen atoms in total. The molecule has 0 aliphatic carbocycles. The quantitative estimate of drug-likeness (QED) is 0.0957. The highest BCUT2D eigenvalue weighted by atomic mass is 16.5. The Morgan fingerprint density at radius 2 is 1.75 bits per heavy atom. The van der Waals surface area contributed by atoms with Gasteiger partial charge in [0.15, 0.2) is 5.82 Å². The SMILES string of the molecule is CCCCCNc1nc(N)nc2ccn(Cc3ccc(CN4CCN(C(=O)CCOCCC(=O)NCCCCC(N)C(=O)O)CC4)cc3OC)c12. The lowest BCUT2D eigenvalue weighted by Crippen LogP contribution is -2.48. The molecule has 15 heteroatoms. The second-order valence-electron chi connectivity index (χ2n) is 12.9. The van der Waals surface area contributed by atoms with Gasteiger partial charge in [-0.2, -0.15) is 4.98 Å². The smallest absolute Gasteiger partial charge is 0.320 e. The summed E-state index contributed by atoms with van der Waals surface area (Å²) < 4.78 is 13.5. The van der Waals surface area contributed by atoms with Crippen molar-refractivity contribution in [3.05, 3.63) is 41.6 Å². The van der Waals surface area contributed by atoms with Gasteiger partial charge in [0.2, 0.25) is 17.8 Å². The molecule has 1 atom stereocenters. The van der Waals surface area contributed by atoms with Crippen LogP contribution in [0.5, 0.6) is 5.75 Å². The number of aliphatic carboxylic acids is 1. The summed E-state index contributed by atoms with van der Waals surface area (Å²) in [6.45, 7) is 8.15. The van der Waals surface area contributed by atoms with Gasteiger partial charge in [0, 0.05) is 64.0 Å². The molecule has 0 saturated carbocycles. The minimum atomic E-state index is -1.02. The third-order valence-electron chi connectivity index (χ3n) is 9.04. The van der Waals surface area contributed by atoms with Crippen molar-refractivity contribution < 1.29 is 29.0 Å². The van der Waals surface area contributed by atoms with Crippen molar-refractivity contribution >= 4 is 40.6 Å². The highest BCUT2D eigenvalue weighted by Crippen LogP contribution is 2.27. The lowest BCUT2D eigenvalue weighted by atomic mass is 10.1. The number of unbranched alkanes of at least 4 members (excludes halogenated alkanes) is 3. The van der Waals surface area contributed by atoms with Gasteiger partial charge >= 0.3 is 5.97 Å². The van der Waals surface area contributed by atoms with Crippen LogP contribution in [0.4, 0.5) is 11.8 Å². The fraction of sp³-hybridized carbons (Fsp3) is 0.583. The molecule has 1 aliphatic heterocycles. The first kappa shape index (κ1) is 39.3. The molecule has 1 unspecified atom stereocenters. The summed E-state index contributed by atoms with van der Waals surface area (Å²) in [6, 6.07) is 7.42. The normalized spacial score (nSPS) is 14.1. The molecule has 0 radical (unpaired) electrons. The van der Waals surface area contributed by atoms with Crippen molar-refractivity contribution in [3.63, 3.8) is 0 Å². The number of nitrogens with zero attached hydrogens (tertiary/aromatic N) is 5. The zero-order chi connectivity index (χ0) is 36.6. The Bertz CT molecular complexity index is 1570. The first-order valence-electron chi connectivity index (χ1n) is 18.0. The number of nitrogens with one attached hydrogen (secondary N) is 2. The Kier molecular flexibility index (Phi) is 15.7. The van der Waals surface area contributed by atoms with E-state index < -0.39 is 12.0 Å². The topological polar surface area (TPSA) is 203 Å². The zero-order valence-corrected chi connectivity index (χ0v) is 30.1. The van der Waals surface area contributed by atoms with Crippen LogP contribution in [-0.2, 0) is 32.2 Å². The number of ether oxygens (including phenoxy) is 2. The molecule has 3 heterocycles. The van der Waals surface area contributed by atoms with Crippen LogP contribution in [0.25, 0.3) is 11.0 Å². The fourth-order valence-electron chi connectivity index (χ4n) is 6.09. The predicted molar refractivity (Wildman–Crippen MR) is 196 cm³/mol. The minimum Gasteiger partial charge on any atom is -0.496 e. The molecule has 1 saturated heterocycles. The number of nitrogens with two attached hydrogens (primary N) is 2. The van der Waals surface area contributed by atoms with Crippen LogP contribution in [0.15, 0.2) is 30.5 Å². The first-order chi connectivity index (χ1) is 24.7. The summed E-state index contributed by atoms with van der Waals surface area (Å²) in [5.41, 5.74) is 15.4. The number of hydrogen-bond acceptors (Lipinski definition) is 11. The standard InChI is InChI=1S/C36H55N9O6/c1-3-4-6-15-40-34-33-29(41-36(38)42-34)11-16-45(33)25-27-10-9-26(23-30(27)50-2)24-43-17-19-44(20-18-43)32(47)13-22-51-21-12-31(46)39-14-7-5-8-28(37)35(48)49/h9-11,16,23,28H,3-8,12-15,17-22,24-25,37H2,1-2H3,(H,39,46)(H,48,49)(H3,38,40,41,42). The number of carbonyl (C=O) groups excluding carboxylic acids is 2. The van der Waals surface area contributed by atoms with Crippen molar-refractivity contribution in [2.24, 2.45) is 5.73 Å². The van der Waals surface area contributed by atoms with Crippen molar-refractivity contribution in [3.8, 4) is 5.75 Å². The summed E-state index contributed by atoms with van der Waals surface area (Å²) >= 11 is 0. The molecular formula is C36H55N9O6. The Balaban J connectivity index is 1.17. The predicted octanol–water partition coefficient (Wildman–Crippen LogP) is 2.81. The molecule has 280 valence electrons. The van der Waals surface area contributed by atoms with Crippen LogP contribution in [0.3, 0.4) is 0 Å². The number of benzene rings is 1. The molecule has 1 aromatic carbocycles. The van der Waals surface area contributed by atoms with E-state index in [-0.39, 0.29) is 43.8 Å². The third-order valence-corrected chi connectivity index (χ3v) is 9.04. The third kappa shape index (κ3) is 12.4. The van der Waals surface area contributed by atoms with E-state index in [1.54, 1.807) is 7.11 Å². The number of carboxylic acids is 1. The summed E-state index contributed by atoms with van der Waals surface area (Å²) in [5.74, 6) is 0.705.